The van der Waals surface area contributed by atoms with Crippen LogP contribution in [-0.2, 0) is 9.47 Å². The molecule has 2 saturated heterocycles. The van der Waals surface area contributed by atoms with E-state index in [0.717, 1.165) is 76.4 Å². The number of carbonyl (C=O) groups is 3. The molecular weight excluding hydrogens is 1140 g/mol. The molecule has 12 N–H and O–H groups in total. The average molecular weight is 1210 g/mol. The van der Waals surface area contributed by atoms with Gasteiger partial charge in [-0.1, -0.05) is 127 Å². The van der Waals surface area contributed by atoms with Crippen molar-refractivity contribution in [2.24, 2.45) is 0 Å². The van der Waals surface area contributed by atoms with Crippen LogP contribution in [0.2, 0.25) is 0 Å². The molecule has 0 saturated carbocycles. The fraction of sp³-hybridized carbons (Fsp3) is 0.203. The lowest BCUT2D eigenvalue weighted by atomic mass is 10.0. The Bertz CT molecular complexity index is 3790. The van der Waals surface area contributed by atoms with Crippen LogP contribution >= 0.6 is 0 Å². The Kier molecular flexibility index (Phi) is 21.1. The van der Waals surface area contributed by atoms with Gasteiger partial charge < -0.3 is 62.4 Å². The standard InChI is InChI=1S/2C23H24N4O3.C23H20N4O3/c3*24-22-21(26-19(12-25-22)18-10-11-30-14-18)16-6-8-17(9-7-16)23(29)27-20(13-28)15-4-2-1-3-5-15/h2*1-9,12,18,20,28H,10-11,13-14H2,(H2,24,25)(H,27,29);1-12,14,20,28H,13H2,(H2,24,25)(H,27,29)/t18-,20+;18-,20-;20-/m011/s1. The van der Waals surface area contributed by atoms with Crippen molar-refractivity contribution in [2.45, 2.75) is 42.8 Å². The Morgan fingerprint density at radius 2 is 0.789 bits per heavy atom. The van der Waals surface area contributed by atoms with Crippen molar-refractivity contribution in [3.05, 3.63) is 246 Å². The smallest absolute Gasteiger partial charge is 0.251 e. The van der Waals surface area contributed by atoms with Crippen molar-refractivity contribution in [1.82, 2.24) is 45.9 Å². The summed E-state index contributed by atoms with van der Waals surface area (Å²) in [5.74, 6) is 0.643. The minimum absolute atomic E-state index is 0.183. The third-order valence-corrected chi connectivity index (χ3v) is 15.3. The van der Waals surface area contributed by atoms with Crippen LogP contribution in [0.4, 0.5) is 17.5 Å². The molecule has 0 bridgehead atoms. The van der Waals surface area contributed by atoms with Crippen molar-refractivity contribution >= 4 is 35.2 Å². The Hall–Kier alpha value is -10.6. The topological polar surface area (TPSA) is 335 Å². The second-order valence-electron chi connectivity index (χ2n) is 21.3. The summed E-state index contributed by atoms with van der Waals surface area (Å²) in [5, 5.41) is 37.5. The van der Waals surface area contributed by atoms with E-state index in [9.17, 15) is 29.7 Å². The molecule has 3 amide bonds. The second-order valence-corrected chi connectivity index (χ2v) is 21.3. The minimum atomic E-state index is -0.480. The first-order valence-electron chi connectivity index (χ1n) is 29.2. The highest BCUT2D eigenvalue weighted by molar-refractivity contribution is 5.96. The normalized spacial score (nSPS) is 15.2. The molecule has 12 rings (SSSR count). The number of benzene rings is 6. The summed E-state index contributed by atoms with van der Waals surface area (Å²) >= 11 is 0. The molecule has 458 valence electrons. The van der Waals surface area contributed by atoms with E-state index in [1.807, 2.05) is 91.0 Å². The van der Waals surface area contributed by atoms with E-state index in [1.54, 1.807) is 110 Å². The summed E-state index contributed by atoms with van der Waals surface area (Å²) in [5.41, 5.74) is 29.3. The second kappa shape index (κ2) is 30.4. The zero-order valence-electron chi connectivity index (χ0n) is 49.0. The maximum atomic E-state index is 12.6. The molecule has 0 aliphatic carbocycles. The fourth-order valence-corrected chi connectivity index (χ4v) is 10.2. The summed E-state index contributed by atoms with van der Waals surface area (Å²) < 4.78 is 16.0. The van der Waals surface area contributed by atoms with Gasteiger partial charge >= 0.3 is 0 Å². The lowest BCUT2D eigenvalue weighted by Crippen LogP contribution is -2.30. The number of rotatable bonds is 18. The molecule has 0 spiro atoms. The number of amides is 3. The van der Waals surface area contributed by atoms with Gasteiger partial charge in [-0.2, -0.15) is 0 Å². The predicted octanol–water partition coefficient (Wildman–Crippen LogP) is 8.84. The van der Waals surface area contributed by atoms with E-state index in [2.05, 4.69) is 35.9 Å². The van der Waals surface area contributed by atoms with E-state index in [4.69, 9.17) is 41.1 Å². The minimum Gasteiger partial charge on any atom is -0.472 e. The highest BCUT2D eigenvalue weighted by atomic mass is 16.5. The van der Waals surface area contributed by atoms with Gasteiger partial charge in [0, 0.05) is 64.0 Å². The van der Waals surface area contributed by atoms with E-state index < -0.39 is 18.1 Å². The predicted molar refractivity (Wildman–Crippen MR) is 341 cm³/mol. The van der Waals surface area contributed by atoms with Crippen molar-refractivity contribution in [2.75, 3.05) is 63.4 Å². The number of hydrogen-bond acceptors (Lipinski definition) is 18. The number of nitrogens with two attached hydrogens (primary N) is 3. The van der Waals surface area contributed by atoms with Gasteiger partial charge in [-0.25, -0.2) is 29.9 Å². The Morgan fingerprint density at radius 3 is 1.10 bits per heavy atom. The number of aliphatic hydroxyl groups excluding tert-OH is 3. The van der Waals surface area contributed by atoms with E-state index in [1.165, 1.54) is 0 Å². The van der Waals surface area contributed by atoms with Gasteiger partial charge in [0.05, 0.1) is 99.4 Å². The Labute approximate surface area is 519 Å². The number of carbonyl (C=O) groups excluding carboxylic acids is 3. The molecule has 2 fully saturated rings. The average Bonchev–Trinajstić information content (AvgIpc) is 2.95. The number of hydrogen-bond donors (Lipinski definition) is 9. The monoisotopic (exact) mass is 1210 g/mol. The fourth-order valence-electron chi connectivity index (χ4n) is 10.2. The number of nitrogens with zero attached hydrogens (tertiary/aromatic N) is 6. The number of furan rings is 1. The lowest BCUT2D eigenvalue weighted by molar-refractivity contribution is 0.0909. The van der Waals surface area contributed by atoms with Crippen LogP contribution in [0.5, 0.6) is 0 Å². The van der Waals surface area contributed by atoms with Crippen LogP contribution in [0.25, 0.3) is 45.0 Å². The molecule has 6 heterocycles. The Balaban J connectivity index is 0.000000148. The van der Waals surface area contributed by atoms with Gasteiger partial charge in [0.2, 0.25) is 0 Å². The molecule has 90 heavy (non-hydrogen) atoms. The van der Waals surface area contributed by atoms with Crippen molar-refractivity contribution < 1.29 is 43.6 Å². The van der Waals surface area contributed by atoms with Crippen LogP contribution in [0.3, 0.4) is 0 Å². The molecule has 6 aromatic carbocycles. The van der Waals surface area contributed by atoms with Gasteiger partial charge in [-0.05, 0) is 72.0 Å². The molecule has 5 atom stereocenters. The summed E-state index contributed by atoms with van der Waals surface area (Å²) in [6.07, 6.45) is 9.99. The van der Waals surface area contributed by atoms with Crippen LogP contribution < -0.4 is 33.2 Å². The number of aromatic nitrogens is 6. The largest absolute Gasteiger partial charge is 0.472 e. The summed E-state index contributed by atoms with van der Waals surface area (Å²) in [6, 6.07) is 49.5. The van der Waals surface area contributed by atoms with E-state index in [-0.39, 0.29) is 49.4 Å². The summed E-state index contributed by atoms with van der Waals surface area (Å²) in [6.45, 7) is 2.19. The first kappa shape index (κ1) is 62.5. The number of nitrogen functional groups attached to an aromatic ring is 3. The maximum Gasteiger partial charge on any atom is 0.251 e. The molecule has 2 aliphatic heterocycles. The third-order valence-electron chi connectivity index (χ3n) is 15.3. The van der Waals surface area contributed by atoms with Crippen molar-refractivity contribution in [3.63, 3.8) is 0 Å². The molecule has 10 aromatic rings. The molecular formula is C69H68N12O9. The summed E-state index contributed by atoms with van der Waals surface area (Å²) in [7, 11) is 0. The quantitative estimate of drug-likeness (QED) is 0.0387. The molecule has 0 unspecified atom stereocenters. The maximum absolute atomic E-state index is 12.6. The Morgan fingerprint density at radius 1 is 0.444 bits per heavy atom. The van der Waals surface area contributed by atoms with Gasteiger partial charge in [0.25, 0.3) is 17.7 Å². The summed E-state index contributed by atoms with van der Waals surface area (Å²) in [4.78, 5) is 64.7. The van der Waals surface area contributed by atoms with Crippen molar-refractivity contribution in [3.8, 4) is 45.0 Å². The zero-order valence-corrected chi connectivity index (χ0v) is 49.0. The first-order chi connectivity index (χ1) is 44.0. The van der Waals surface area contributed by atoms with Crippen LogP contribution in [0.15, 0.2) is 205 Å². The highest BCUT2D eigenvalue weighted by Crippen LogP contribution is 2.32. The third kappa shape index (κ3) is 15.8. The number of aliphatic hydroxyl groups is 3. The van der Waals surface area contributed by atoms with Crippen LogP contribution in [0, 0.1) is 0 Å². The number of nitrogens with one attached hydrogen (secondary N) is 3. The number of ether oxygens (including phenoxy) is 2. The molecule has 0 radical (unpaired) electrons. The highest BCUT2D eigenvalue weighted by Gasteiger charge is 2.24. The van der Waals surface area contributed by atoms with Crippen LogP contribution in [0.1, 0.15) is 102 Å². The molecule has 21 nitrogen and oxygen atoms in total. The van der Waals surface area contributed by atoms with Gasteiger partial charge in [0.1, 0.15) is 34.5 Å². The van der Waals surface area contributed by atoms with Gasteiger partial charge in [-0.15, -0.1) is 0 Å². The SMILES string of the molecule is Nc1ncc(-c2ccoc2)nc1-c1ccc(C(=O)N[C@H](CO)c2ccccc2)cc1.Nc1ncc([C@@H]2CCOC2)nc1-c1ccc(C(=O)N[C@H](CO)c2ccccc2)cc1.Nc1ncc([C@H]2CCOC2)nc1-c1ccc(C(=O)N[C@H](CO)c2ccccc2)cc1. The van der Waals surface area contributed by atoms with Crippen LogP contribution in [-0.4, -0.2) is 109 Å². The van der Waals surface area contributed by atoms with E-state index >= 15 is 0 Å². The molecule has 21 heteroatoms. The number of anilines is 3. The van der Waals surface area contributed by atoms with Gasteiger partial charge in [0.15, 0.2) is 0 Å². The first-order valence-corrected chi connectivity index (χ1v) is 29.2. The lowest BCUT2D eigenvalue weighted by Gasteiger charge is -2.17. The molecule has 4 aromatic heterocycles. The van der Waals surface area contributed by atoms with E-state index in [0.29, 0.717) is 70.1 Å². The van der Waals surface area contributed by atoms with Gasteiger partial charge in [-0.3, -0.25) is 14.4 Å². The molecule has 2 aliphatic rings. The van der Waals surface area contributed by atoms with Crippen molar-refractivity contribution in [1.29, 1.82) is 0 Å². The zero-order chi connectivity index (χ0) is 62.8.